The van der Waals surface area contributed by atoms with Gasteiger partial charge in [-0.2, -0.15) is 0 Å². The Labute approximate surface area is 177 Å². The average molecular weight is 460 g/mol. The normalized spacial score (nSPS) is 14.4. The predicted molar refractivity (Wildman–Crippen MR) is 109 cm³/mol. The van der Waals surface area contributed by atoms with Gasteiger partial charge >= 0.3 is 0 Å². The summed E-state index contributed by atoms with van der Waals surface area (Å²) in [5.74, 6) is -1.14. The van der Waals surface area contributed by atoms with E-state index in [1.54, 1.807) is 0 Å². The number of aromatic nitrogens is 1. The van der Waals surface area contributed by atoms with Crippen LogP contribution in [0, 0.1) is 0 Å². The molecule has 1 aliphatic heterocycles. The van der Waals surface area contributed by atoms with Crippen LogP contribution in [-0.2, 0) is 23.1 Å². The van der Waals surface area contributed by atoms with E-state index in [-0.39, 0.29) is 38.9 Å². The number of fused-ring (bicyclic) bond motifs is 1. The molecule has 3 rings (SSSR count). The first-order valence-corrected chi connectivity index (χ1v) is 11.0. The van der Waals surface area contributed by atoms with Crippen molar-refractivity contribution in [3.63, 3.8) is 0 Å². The molecule has 0 spiro atoms. The van der Waals surface area contributed by atoms with Gasteiger partial charge in [-0.3, -0.25) is 9.59 Å². The van der Waals surface area contributed by atoms with Gasteiger partial charge in [0.1, 0.15) is 4.90 Å². The van der Waals surface area contributed by atoms with Crippen molar-refractivity contribution in [1.82, 2.24) is 14.2 Å². The fourth-order valence-electron chi connectivity index (χ4n) is 3.22. The monoisotopic (exact) mass is 459 g/mol. The molecule has 1 aliphatic rings. The number of pyridine rings is 1. The van der Waals surface area contributed by atoms with Gasteiger partial charge in [0.25, 0.3) is 5.91 Å². The number of rotatable bonds is 5. The summed E-state index contributed by atoms with van der Waals surface area (Å²) in [5, 5.41) is 10.1. The Morgan fingerprint density at radius 1 is 1.17 bits per heavy atom. The molecule has 0 bridgehead atoms. The smallest absolute Gasteiger partial charge is 0.274 e. The third-order valence-electron chi connectivity index (χ3n) is 4.65. The van der Waals surface area contributed by atoms with Crippen LogP contribution in [0.1, 0.15) is 30.0 Å². The molecule has 11 heteroatoms. The Balaban J connectivity index is 1.99. The molecule has 0 saturated heterocycles. The second-order valence-electron chi connectivity index (χ2n) is 6.82. The van der Waals surface area contributed by atoms with Gasteiger partial charge in [0.15, 0.2) is 11.4 Å². The zero-order chi connectivity index (χ0) is 21.5. The molecule has 156 valence electrons. The van der Waals surface area contributed by atoms with Crippen molar-refractivity contribution < 1.29 is 18.3 Å². The van der Waals surface area contributed by atoms with Crippen LogP contribution in [0.3, 0.4) is 0 Å². The van der Waals surface area contributed by atoms with Gasteiger partial charge in [-0.25, -0.2) is 13.1 Å². The number of hydrogen-bond acceptors (Lipinski definition) is 5. The van der Waals surface area contributed by atoms with Crippen molar-refractivity contribution in [3.05, 3.63) is 55.9 Å². The van der Waals surface area contributed by atoms with Crippen molar-refractivity contribution >= 4 is 39.1 Å². The lowest BCUT2D eigenvalue weighted by molar-refractivity contribution is 0.0639. The summed E-state index contributed by atoms with van der Waals surface area (Å²) < 4.78 is 29.2. The minimum absolute atomic E-state index is 0.0438. The van der Waals surface area contributed by atoms with Gasteiger partial charge in [-0.05, 0) is 26.0 Å². The molecule has 2 N–H and O–H groups in total. The number of sulfonamides is 1. The third kappa shape index (κ3) is 4.00. The van der Waals surface area contributed by atoms with Crippen LogP contribution in [0.25, 0.3) is 0 Å². The highest BCUT2D eigenvalue weighted by Crippen LogP contribution is 2.29. The van der Waals surface area contributed by atoms with E-state index in [0.29, 0.717) is 13.1 Å². The van der Waals surface area contributed by atoms with Gasteiger partial charge in [-0.15, -0.1) is 0 Å². The molecule has 8 nitrogen and oxygen atoms in total. The summed E-state index contributed by atoms with van der Waals surface area (Å²) in [5.41, 5.74) is -0.672. The molecule has 0 unspecified atom stereocenters. The zero-order valence-electron chi connectivity index (χ0n) is 15.6. The molecular weight excluding hydrogens is 441 g/mol. The van der Waals surface area contributed by atoms with Crippen LogP contribution in [0.5, 0.6) is 5.75 Å². The number of amides is 1. The van der Waals surface area contributed by atoms with Crippen LogP contribution >= 0.6 is 23.2 Å². The Kier molecular flexibility index (Phi) is 5.96. The van der Waals surface area contributed by atoms with Crippen molar-refractivity contribution in [2.75, 3.05) is 6.54 Å². The Morgan fingerprint density at radius 2 is 1.79 bits per heavy atom. The quantitative estimate of drug-likeness (QED) is 0.711. The molecule has 2 heterocycles. The van der Waals surface area contributed by atoms with Crippen LogP contribution < -0.4 is 10.2 Å². The van der Waals surface area contributed by atoms with Crippen LogP contribution in [0.15, 0.2) is 34.0 Å². The Hall–Kier alpha value is -2.07. The lowest BCUT2D eigenvalue weighted by Crippen LogP contribution is -2.46. The number of nitrogens with zero attached hydrogens (tertiary/aromatic N) is 2. The number of hydrogen-bond donors (Lipinski definition) is 2. The zero-order valence-corrected chi connectivity index (χ0v) is 18.0. The molecule has 29 heavy (non-hydrogen) atoms. The maximum Gasteiger partial charge on any atom is 0.274 e. The summed E-state index contributed by atoms with van der Waals surface area (Å²) in [6, 6.07) is 5.30. The first kappa shape index (κ1) is 21.6. The summed E-state index contributed by atoms with van der Waals surface area (Å²) in [7, 11) is -4.09. The average Bonchev–Trinajstić information content (AvgIpc) is 2.62. The number of carbonyl (C=O) groups excluding carboxylic acids is 1. The van der Waals surface area contributed by atoms with Gasteiger partial charge in [-0.1, -0.05) is 29.3 Å². The summed E-state index contributed by atoms with van der Waals surface area (Å²) in [6.45, 7) is 4.03. The highest BCUT2D eigenvalue weighted by atomic mass is 35.5. The van der Waals surface area contributed by atoms with Gasteiger partial charge < -0.3 is 14.6 Å². The lowest BCUT2D eigenvalue weighted by Gasteiger charge is -2.34. The molecule has 1 aromatic carbocycles. The number of halogens is 2. The topological polar surface area (TPSA) is 109 Å². The second kappa shape index (κ2) is 7.98. The second-order valence-corrected chi connectivity index (χ2v) is 9.33. The molecular formula is C18H19Cl2N3O5S. The third-order valence-corrected chi connectivity index (χ3v) is 7.01. The van der Waals surface area contributed by atoms with Crippen molar-refractivity contribution in [2.45, 2.75) is 37.9 Å². The first-order valence-electron chi connectivity index (χ1n) is 8.75. The maximum atomic E-state index is 12.7. The summed E-state index contributed by atoms with van der Waals surface area (Å²) in [6.07, 6.45) is 0. The number of aromatic hydroxyl groups is 1. The van der Waals surface area contributed by atoms with Crippen LogP contribution in [0.2, 0.25) is 10.0 Å². The van der Waals surface area contributed by atoms with E-state index in [2.05, 4.69) is 4.72 Å². The Morgan fingerprint density at radius 3 is 2.38 bits per heavy atom. The van der Waals surface area contributed by atoms with Crippen molar-refractivity contribution in [1.29, 1.82) is 0 Å². The fraction of sp³-hybridized carbons (Fsp3) is 0.333. The van der Waals surface area contributed by atoms with Gasteiger partial charge in [0.05, 0.1) is 16.6 Å². The highest BCUT2D eigenvalue weighted by Gasteiger charge is 2.31. The van der Waals surface area contributed by atoms with E-state index in [1.807, 2.05) is 13.8 Å². The largest absolute Gasteiger partial charge is 0.503 e. The minimum atomic E-state index is -4.09. The fourth-order valence-corrected chi connectivity index (χ4v) is 5.36. The van der Waals surface area contributed by atoms with E-state index >= 15 is 0 Å². The molecule has 0 radical (unpaired) electrons. The maximum absolute atomic E-state index is 12.7. The standard InChI is InChI=1S/C18H19Cl2N3O5S/c1-10(2)22-6-7-23-11(8-14(24)16(25)15(23)18(22)26)9-21-29(27,28)17-12(19)4-3-5-13(17)20/h3-5,8,10,21,25H,6-7,9H2,1-2H3. The molecule has 2 aromatic rings. The van der Waals surface area contributed by atoms with E-state index < -0.39 is 27.1 Å². The van der Waals surface area contributed by atoms with Gasteiger partial charge in [0.2, 0.25) is 15.5 Å². The van der Waals surface area contributed by atoms with E-state index in [0.717, 1.165) is 6.07 Å². The number of carbonyl (C=O) groups is 1. The molecule has 0 atom stereocenters. The molecule has 0 fully saturated rings. The molecule has 1 aromatic heterocycles. The van der Waals surface area contributed by atoms with E-state index in [1.165, 1.54) is 27.7 Å². The first-order chi connectivity index (χ1) is 13.5. The minimum Gasteiger partial charge on any atom is -0.503 e. The number of nitrogens with one attached hydrogen (secondary N) is 1. The van der Waals surface area contributed by atoms with Crippen LogP contribution in [0.4, 0.5) is 0 Å². The highest BCUT2D eigenvalue weighted by molar-refractivity contribution is 7.89. The van der Waals surface area contributed by atoms with Gasteiger partial charge in [0, 0.05) is 30.9 Å². The van der Waals surface area contributed by atoms with E-state index in [9.17, 15) is 23.1 Å². The molecule has 1 amide bonds. The van der Waals surface area contributed by atoms with Crippen molar-refractivity contribution in [3.8, 4) is 5.75 Å². The summed E-state index contributed by atoms with van der Waals surface area (Å²) >= 11 is 12.0. The summed E-state index contributed by atoms with van der Waals surface area (Å²) in [4.78, 5) is 26.2. The van der Waals surface area contributed by atoms with E-state index in [4.69, 9.17) is 23.2 Å². The lowest BCUT2D eigenvalue weighted by atomic mass is 10.1. The van der Waals surface area contributed by atoms with Crippen LogP contribution in [-0.4, -0.2) is 41.5 Å². The Bertz CT molecular complexity index is 1120. The molecule has 0 aliphatic carbocycles. The number of benzene rings is 1. The SMILES string of the molecule is CC(C)N1CCn2c(CNS(=O)(=O)c3c(Cl)cccc3Cl)cc(=O)c(O)c2C1=O. The molecule has 0 saturated carbocycles. The predicted octanol–water partition coefficient (Wildman–Crippen LogP) is 2.20. The van der Waals surface area contributed by atoms with Crippen molar-refractivity contribution in [2.24, 2.45) is 0 Å².